The van der Waals surface area contributed by atoms with Gasteiger partial charge in [-0.3, -0.25) is 14.9 Å². The zero-order valence-corrected chi connectivity index (χ0v) is 13.6. The van der Waals surface area contributed by atoms with E-state index in [0.29, 0.717) is 5.56 Å². The van der Waals surface area contributed by atoms with Crippen molar-refractivity contribution in [3.63, 3.8) is 0 Å². The lowest BCUT2D eigenvalue weighted by Crippen LogP contribution is -2.24. The van der Waals surface area contributed by atoms with E-state index in [2.05, 4.69) is 15.9 Å². The number of carbonyl (C=O) groups excluding carboxylic acids is 2. The number of non-ortho nitro benzene ring substituents is 1. The van der Waals surface area contributed by atoms with E-state index in [9.17, 15) is 19.7 Å². The van der Waals surface area contributed by atoms with Crippen LogP contribution in [-0.4, -0.2) is 22.8 Å². The van der Waals surface area contributed by atoms with Crippen LogP contribution in [0.5, 0.6) is 0 Å². The highest BCUT2D eigenvalue weighted by Gasteiger charge is 2.21. The highest BCUT2D eigenvalue weighted by Crippen LogP contribution is 2.16. The predicted octanol–water partition coefficient (Wildman–Crippen LogP) is 3.79. The molecule has 118 valence electrons. The van der Waals surface area contributed by atoms with E-state index >= 15 is 0 Å². The number of ether oxygens (including phenoxy) is 1. The standard InChI is InChI=1S/C16H12BrNO5/c1-10(15(19)11-5-7-13(17)8-6-11)23-16(20)12-3-2-4-14(9-12)18(21)22/h2-10H,1H3. The van der Waals surface area contributed by atoms with E-state index in [1.165, 1.54) is 25.1 Å². The Morgan fingerprint density at radius 1 is 1.13 bits per heavy atom. The Morgan fingerprint density at radius 2 is 1.78 bits per heavy atom. The summed E-state index contributed by atoms with van der Waals surface area (Å²) in [5.74, 6) is -1.14. The molecule has 0 radical (unpaired) electrons. The van der Waals surface area contributed by atoms with Gasteiger partial charge in [-0.1, -0.05) is 34.1 Å². The molecule has 1 unspecified atom stereocenters. The lowest BCUT2D eigenvalue weighted by Gasteiger charge is -2.12. The third kappa shape index (κ3) is 4.23. The normalized spacial score (nSPS) is 11.6. The molecule has 0 amide bonds. The predicted molar refractivity (Wildman–Crippen MR) is 86.4 cm³/mol. The van der Waals surface area contributed by atoms with Crippen LogP contribution in [-0.2, 0) is 4.74 Å². The molecule has 1 atom stereocenters. The number of nitro benzene ring substituents is 1. The van der Waals surface area contributed by atoms with Crippen LogP contribution in [0.4, 0.5) is 5.69 Å². The first-order chi connectivity index (χ1) is 10.9. The Bertz CT molecular complexity index is 757. The summed E-state index contributed by atoms with van der Waals surface area (Å²) >= 11 is 3.27. The monoisotopic (exact) mass is 377 g/mol. The first kappa shape index (κ1) is 16.8. The van der Waals surface area contributed by atoms with Gasteiger partial charge in [-0.05, 0) is 25.1 Å². The van der Waals surface area contributed by atoms with Crippen LogP contribution in [0.3, 0.4) is 0 Å². The average molecular weight is 378 g/mol. The Morgan fingerprint density at radius 3 is 2.39 bits per heavy atom. The molecule has 23 heavy (non-hydrogen) atoms. The molecule has 0 aliphatic carbocycles. The number of halogens is 1. The number of nitro groups is 1. The number of esters is 1. The fourth-order valence-electron chi connectivity index (χ4n) is 1.88. The molecule has 0 bridgehead atoms. The molecule has 0 N–H and O–H groups in total. The second-order valence-electron chi connectivity index (χ2n) is 4.73. The van der Waals surface area contributed by atoms with Crippen molar-refractivity contribution < 1.29 is 19.2 Å². The molecule has 0 aromatic heterocycles. The van der Waals surface area contributed by atoms with Gasteiger partial charge in [0.2, 0.25) is 5.78 Å². The molecule has 0 saturated carbocycles. The maximum absolute atomic E-state index is 12.2. The van der Waals surface area contributed by atoms with E-state index in [1.54, 1.807) is 24.3 Å². The molecule has 0 heterocycles. The second-order valence-corrected chi connectivity index (χ2v) is 5.64. The van der Waals surface area contributed by atoms with Crippen molar-refractivity contribution >= 4 is 33.4 Å². The molecule has 0 aliphatic rings. The molecule has 7 heteroatoms. The molecule has 0 spiro atoms. The van der Waals surface area contributed by atoms with Crippen LogP contribution < -0.4 is 0 Å². The molecule has 2 aromatic carbocycles. The topological polar surface area (TPSA) is 86.5 Å². The molecular formula is C16H12BrNO5. The number of Topliss-reactive ketones (excluding diaryl/α,β-unsaturated/α-hetero) is 1. The number of rotatable bonds is 5. The number of hydrogen-bond donors (Lipinski definition) is 0. The van der Waals surface area contributed by atoms with Gasteiger partial charge in [-0.25, -0.2) is 4.79 Å². The number of carbonyl (C=O) groups is 2. The lowest BCUT2D eigenvalue weighted by molar-refractivity contribution is -0.384. The summed E-state index contributed by atoms with van der Waals surface area (Å²) in [5, 5.41) is 10.7. The van der Waals surface area contributed by atoms with Gasteiger partial charge >= 0.3 is 5.97 Å². The minimum atomic E-state index is -0.997. The zero-order chi connectivity index (χ0) is 17.0. The Balaban J connectivity index is 2.10. The van der Waals surface area contributed by atoms with Crippen LogP contribution in [0.25, 0.3) is 0 Å². The number of hydrogen-bond acceptors (Lipinski definition) is 5. The number of ketones is 1. The SMILES string of the molecule is CC(OC(=O)c1cccc([N+](=O)[O-])c1)C(=O)c1ccc(Br)cc1. The van der Waals surface area contributed by atoms with Crippen LogP contribution >= 0.6 is 15.9 Å². The van der Waals surface area contributed by atoms with Gasteiger partial charge in [-0.2, -0.15) is 0 Å². The van der Waals surface area contributed by atoms with Crippen LogP contribution in [0.1, 0.15) is 27.6 Å². The first-order valence-electron chi connectivity index (χ1n) is 6.63. The van der Waals surface area contributed by atoms with Gasteiger partial charge < -0.3 is 4.74 Å². The Hall–Kier alpha value is -2.54. The quantitative estimate of drug-likeness (QED) is 0.342. The van der Waals surface area contributed by atoms with E-state index in [4.69, 9.17) is 4.74 Å². The number of nitrogens with zero attached hydrogens (tertiary/aromatic N) is 1. The van der Waals surface area contributed by atoms with E-state index in [1.807, 2.05) is 0 Å². The summed E-state index contributed by atoms with van der Waals surface area (Å²) in [7, 11) is 0. The smallest absolute Gasteiger partial charge is 0.339 e. The highest BCUT2D eigenvalue weighted by atomic mass is 79.9. The fourth-order valence-corrected chi connectivity index (χ4v) is 2.14. The highest BCUT2D eigenvalue weighted by molar-refractivity contribution is 9.10. The van der Waals surface area contributed by atoms with Crippen molar-refractivity contribution in [2.24, 2.45) is 0 Å². The summed E-state index contributed by atoms with van der Waals surface area (Å²) < 4.78 is 5.92. The number of benzene rings is 2. The molecule has 0 saturated heterocycles. The summed E-state index contributed by atoms with van der Waals surface area (Å²) in [6, 6.07) is 11.8. The maximum Gasteiger partial charge on any atom is 0.339 e. The fraction of sp³-hybridized carbons (Fsp3) is 0.125. The van der Waals surface area contributed by atoms with E-state index < -0.39 is 17.0 Å². The summed E-state index contributed by atoms with van der Waals surface area (Å²) in [6.07, 6.45) is -0.997. The van der Waals surface area contributed by atoms with Gasteiger partial charge in [0, 0.05) is 22.2 Å². The zero-order valence-electron chi connectivity index (χ0n) is 12.1. The van der Waals surface area contributed by atoms with Gasteiger partial charge in [0.1, 0.15) is 0 Å². The largest absolute Gasteiger partial charge is 0.451 e. The van der Waals surface area contributed by atoms with Crippen molar-refractivity contribution in [2.45, 2.75) is 13.0 Å². The van der Waals surface area contributed by atoms with Gasteiger partial charge in [-0.15, -0.1) is 0 Å². The minimum absolute atomic E-state index is 0.0228. The minimum Gasteiger partial charge on any atom is -0.451 e. The van der Waals surface area contributed by atoms with Crippen LogP contribution in [0.2, 0.25) is 0 Å². The Labute approximate surface area is 140 Å². The van der Waals surface area contributed by atoms with Crippen molar-refractivity contribution in [3.8, 4) is 0 Å². The van der Waals surface area contributed by atoms with Crippen LogP contribution in [0.15, 0.2) is 53.0 Å². The summed E-state index contributed by atoms with van der Waals surface area (Å²) in [5.41, 5.74) is 0.216. The first-order valence-corrected chi connectivity index (χ1v) is 7.43. The molecule has 2 rings (SSSR count). The van der Waals surface area contributed by atoms with Gasteiger partial charge in [0.25, 0.3) is 5.69 Å². The summed E-state index contributed by atoms with van der Waals surface area (Å²) in [6.45, 7) is 1.46. The Kier molecular flexibility index (Phi) is 5.23. The van der Waals surface area contributed by atoms with Crippen molar-refractivity contribution in [3.05, 3.63) is 74.2 Å². The van der Waals surface area contributed by atoms with E-state index in [-0.39, 0.29) is 17.0 Å². The molecular weight excluding hydrogens is 366 g/mol. The average Bonchev–Trinajstić information content (AvgIpc) is 2.54. The third-order valence-electron chi connectivity index (χ3n) is 3.07. The van der Waals surface area contributed by atoms with E-state index in [0.717, 1.165) is 10.5 Å². The van der Waals surface area contributed by atoms with Gasteiger partial charge in [0.05, 0.1) is 10.5 Å². The molecule has 6 nitrogen and oxygen atoms in total. The van der Waals surface area contributed by atoms with Crippen molar-refractivity contribution in [1.82, 2.24) is 0 Å². The summed E-state index contributed by atoms with van der Waals surface area (Å²) in [4.78, 5) is 34.3. The molecule has 0 fully saturated rings. The lowest BCUT2D eigenvalue weighted by atomic mass is 10.1. The maximum atomic E-state index is 12.2. The molecule has 2 aromatic rings. The van der Waals surface area contributed by atoms with Gasteiger partial charge in [0.15, 0.2) is 6.10 Å². The molecule has 0 aliphatic heterocycles. The second kappa shape index (κ2) is 7.15. The third-order valence-corrected chi connectivity index (χ3v) is 3.60. The van der Waals surface area contributed by atoms with Crippen LogP contribution in [0, 0.1) is 10.1 Å². The van der Waals surface area contributed by atoms with Crippen molar-refractivity contribution in [2.75, 3.05) is 0 Å². The van der Waals surface area contributed by atoms with Crippen molar-refractivity contribution in [1.29, 1.82) is 0 Å².